The second-order valence-electron chi connectivity index (χ2n) is 2.95. The van der Waals surface area contributed by atoms with Crippen LogP contribution in [0.15, 0.2) is 0 Å². The first-order chi connectivity index (χ1) is 4.18. The van der Waals surface area contributed by atoms with Gasteiger partial charge in [0.1, 0.15) is 0 Å². The third-order valence-corrected chi connectivity index (χ3v) is 6.60. The summed E-state index contributed by atoms with van der Waals surface area (Å²) in [7, 11) is 0.883. The van der Waals surface area contributed by atoms with E-state index in [0.29, 0.717) is 0 Å². The summed E-state index contributed by atoms with van der Waals surface area (Å²) in [6.45, 7) is 6.94. The van der Waals surface area contributed by atoms with Crippen molar-refractivity contribution in [2.24, 2.45) is 0 Å². The summed E-state index contributed by atoms with van der Waals surface area (Å²) in [5, 5.41) is 0. The van der Waals surface area contributed by atoms with Crippen LogP contribution in [0.5, 0.6) is 0 Å². The van der Waals surface area contributed by atoms with E-state index in [1.165, 1.54) is 12.3 Å². The quantitative estimate of drug-likeness (QED) is 0.557. The molecule has 0 saturated heterocycles. The standard InChI is InChI=1S/C7H19OP/c1-5-9(4,6-2)7-8-3/h9H,5-7H2,1-4H3. The molecule has 0 aliphatic rings. The molecule has 0 amide bonds. The van der Waals surface area contributed by atoms with Crippen LogP contribution in [0.1, 0.15) is 13.8 Å². The maximum absolute atomic E-state index is 5.15. The van der Waals surface area contributed by atoms with Crippen molar-refractivity contribution in [3.63, 3.8) is 0 Å². The molecule has 0 aliphatic heterocycles. The van der Waals surface area contributed by atoms with Crippen molar-refractivity contribution in [2.75, 3.05) is 32.4 Å². The fourth-order valence-corrected chi connectivity index (χ4v) is 2.41. The summed E-state index contributed by atoms with van der Waals surface area (Å²) in [5.74, 6) is 0. The molecule has 0 aromatic heterocycles. The molecule has 0 rings (SSSR count). The van der Waals surface area contributed by atoms with Crippen LogP contribution in [0.2, 0.25) is 0 Å². The van der Waals surface area contributed by atoms with Gasteiger partial charge in [-0.2, -0.15) is 0 Å². The number of rotatable bonds is 4. The van der Waals surface area contributed by atoms with Crippen LogP contribution in [0, 0.1) is 0 Å². The maximum atomic E-state index is 5.15. The van der Waals surface area contributed by atoms with Gasteiger partial charge in [-0.25, -0.2) is 0 Å². The number of hydrogen-bond acceptors (Lipinski definition) is 1. The summed E-state index contributed by atoms with van der Waals surface area (Å²) < 4.78 is 5.15. The van der Waals surface area contributed by atoms with Gasteiger partial charge in [0, 0.05) is 0 Å². The van der Waals surface area contributed by atoms with Gasteiger partial charge in [-0.3, -0.25) is 0 Å². The normalized spacial score (nSPS) is 13.8. The molecule has 0 fully saturated rings. The van der Waals surface area contributed by atoms with Gasteiger partial charge in [0.25, 0.3) is 0 Å². The molecule has 0 saturated carbocycles. The molecular weight excluding hydrogens is 131 g/mol. The molecule has 0 atom stereocenters. The third-order valence-electron chi connectivity index (χ3n) is 2.20. The first-order valence-electron chi connectivity index (χ1n) is 3.67. The van der Waals surface area contributed by atoms with Crippen LogP contribution in [0.3, 0.4) is 0 Å². The van der Waals surface area contributed by atoms with Gasteiger partial charge in [-0.1, -0.05) is 0 Å². The minimum absolute atomic E-state index is 0.920. The van der Waals surface area contributed by atoms with E-state index in [0.717, 1.165) is 6.35 Å². The predicted molar refractivity (Wildman–Crippen MR) is 47.2 cm³/mol. The summed E-state index contributed by atoms with van der Waals surface area (Å²) in [4.78, 5) is 0. The van der Waals surface area contributed by atoms with E-state index < -0.39 is 7.26 Å². The Morgan fingerprint density at radius 1 is 1.22 bits per heavy atom. The van der Waals surface area contributed by atoms with Crippen molar-refractivity contribution in [1.82, 2.24) is 0 Å². The van der Waals surface area contributed by atoms with Crippen LogP contribution < -0.4 is 0 Å². The number of ether oxygens (including phenoxy) is 1. The van der Waals surface area contributed by atoms with Crippen LogP contribution in [0.4, 0.5) is 0 Å². The number of methoxy groups -OCH3 is 1. The van der Waals surface area contributed by atoms with E-state index in [4.69, 9.17) is 4.74 Å². The Balaban J connectivity index is 3.62. The predicted octanol–water partition coefficient (Wildman–Crippen LogP) is 2.01. The van der Waals surface area contributed by atoms with Gasteiger partial charge in [-0.15, -0.1) is 0 Å². The van der Waals surface area contributed by atoms with E-state index in [1.54, 1.807) is 7.11 Å². The first kappa shape index (κ1) is 9.39. The van der Waals surface area contributed by atoms with Gasteiger partial charge in [0.2, 0.25) is 0 Å². The second kappa shape index (κ2) is 4.24. The average molecular weight is 150 g/mol. The van der Waals surface area contributed by atoms with Gasteiger partial charge in [0.05, 0.1) is 0 Å². The minimum atomic E-state index is -0.920. The first-order valence-corrected chi connectivity index (χ1v) is 6.79. The SMILES string of the molecule is CC[PH](C)(CC)COC. The van der Waals surface area contributed by atoms with Gasteiger partial charge in [0.15, 0.2) is 0 Å². The van der Waals surface area contributed by atoms with E-state index in [9.17, 15) is 0 Å². The van der Waals surface area contributed by atoms with Crippen LogP contribution in [-0.2, 0) is 4.74 Å². The Hall–Kier alpha value is 0.390. The molecule has 0 unspecified atom stereocenters. The fraction of sp³-hybridized carbons (Fsp3) is 1.00. The monoisotopic (exact) mass is 150 g/mol. The molecule has 0 heterocycles. The Labute approximate surface area is 59.1 Å². The van der Waals surface area contributed by atoms with Crippen molar-refractivity contribution in [3.05, 3.63) is 0 Å². The van der Waals surface area contributed by atoms with E-state index in [1.807, 2.05) is 0 Å². The van der Waals surface area contributed by atoms with E-state index in [-0.39, 0.29) is 0 Å². The van der Waals surface area contributed by atoms with E-state index in [2.05, 4.69) is 20.5 Å². The van der Waals surface area contributed by atoms with Crippen LogP contribution in [-0.4, -0.2) is 32.4 Å². The molecule has 9 heavy (non-hydrogen) atoms. The molecule has 0 aromatic carbocycles. The van der Waals surface area contributed by atoms with Gasteiger partial charge < -0.3 is 0 Å². The zero-order chi connectivity index (χ0) is 7.33. The molecule has 0 aromatic rings. The van der Waals surface area contributed by atoms with Crippen molar-refractivity contribution in [1.29, 1.82) is 0 Å². The van der Waals surface area contributed by atoms with Crippen molar-refractivity contribution in [2.45, 2.75) is 13.8 Å². The molecule has 0 spiro atoms. The molecule has 2 heteroatoms. The van der Waals surface area contributed by atoms with Crippen LogP contribution >= 0.6 is 7.26 Å². The molecular formula is C7H19OP. The summed E-state index contributed by atoms with van der Waals surface area (Å²) in [5.41, 5.74) is 0. The molecule has 58 valence electrons. The summed E-state index contributed by atoms with van der Waals surface area (Å²) in [6, 6.07) is 0. The number of hydrogen-bond donors (Lipinski definition) is 0. The molecule has 0 N–H and O–H groups in total. The summed E-state index contributed by atoms with van der Waals surface area (Å²) in [6.07, 6.45) is 3.72. The second-order valence-corrected chi connectivity index (χ2v) is 8.27. The van der Waals surface area contributed by atoms with Crippen molar-refractivity contribution >= 4 is 7.26 Å². The van der Waals surface area contributed by atoms with Gasteiger partial charge >= 0.3 is 58.3 Å². The van der Waals surface area contributed by atoms with E-state index >= 15 is 0 Å². The van der Waals surface area contributed by atoms with Gasteiger partial charge in [-0.05, 0) is 0 Å². The molecule has 0 radical (unpaired) electrons. The van der Waals surface area contributed by atoms with Crippen molar-refractivity contribution in [3.8, 4) is 0 Å². The average Bonchev–Trinajstić information content (AvgIpc) is 1.89. The Bertz CT molecular complexity index is 69.3. The molecule has 0 aliphatic carbocycles. The Kier molecular flexibility index (Phi) is 4.43. The Morgan fingerprint density at radius 2 is 1.67 bits per heavy atom. The fourth-order valence-electron chi connectivity index (χ4n) is 0.803. The zero-order valence-corrected chi connectivity index (χ0v) is 8.03. The summed E-state index contributed by atoms with van der Waals surface area (Å²) >= 11 is 0. The Morgan fingerprint density at radius 3 is 1.78 bits per heavy atom. The molecule has 1 nitrogen and oxygen atoms in total. The topological polar surface area (TPSA) is 9.23 Å². The van der Waals surface area contributed by atoms with Crippen molar-refractivity contribution < 1.29 is 4.74 Å². The zero-order valence-electron chi connectivity index (χ0n) is 7.03. The van der Waals surface area contributed by atoms with Crippen LogP contribution in [0.25, 0.3) is 0 Å². The third kappa shape index (κ3) is 3.17. The molecule has 0 bridgehead atoms.